The minimum Gasteiger partial charge on any atom is -0.315 e. The van der Waals surface area contributed by atoms with Gasteiger partial charge in [0.05, 0.1) is 5.25 Å². The normalized spacial score (nSPS) is 38.3. The highest BCUT2D eigenvalue weighted by atomic mass is 32.2. The van der Waals surface area contributed by atoms with Gasteiger partial charge in [0.25, 0.3) is 0 Å². The van der Waals surface area contributed by atoms with Gasteiger partial charge in [0.2, 0.25) is 10.0 Å². The highest BCUT2D eigenvalue weighted by Gasteiger charge is 2.42. The topological polar surface area (TPSA) is 52.7 Å². The first-order chi connectivity index (χ1) is 9.09. The third-order valence-electron chi connectivity index (χ3n) is 4.88. The molecule has 3 unspecified atom stereocenters. The van der Waals surface area contributed by atoms with Gasteiger partial charge in [-0.1, -0.05) is 0 Å². The molecular weight excluding hydrogens is 262 g/mol. The minimum absolute atomic E-state index is 0.126. The number of hydrogen-bond acceptors (Lipinski definition) is 4. The quantitative estimate of drug-likeness (QED) is 0.790. The predicted molar refractivity (Wildman–Crippen MR) is 75.6 cm³/mol. The molecule has 0 aromatic rings. The van der Waals surface area contributed by atoms with Crippen LogP contribution in [0, 0.1) is 0 Å². The van der Waals surface area contributed by atoms with E-state index in [1.54, 1.807) is 4.31 Å². The summed E-state index contributed by atoms with van der Waals surface area (Å²) >= 11 is 0. The average molecular weight is 287 g/mol. The van der Waals surface area contributed by atoms with E-state index < -0.39 is 10.0 Å². The van der Waals surface area contributed by atoms with Crippen LogP contribution in [-0.2, 0) is 10.0 Å². The van der Waals surface area contributed by atoms with Crippen molar-refractivity contribution in [2.24, 2.45) is 0 Å². The van der Waals surface area contributed by atoms with E-state index in [1.165, 1.54) is 6.42 Å². The summed E-state index contributed by atoms with van der Waals surface area (Å²) in [4.78, 5) is 2.47. The number of rotatable bonds is 2. The summed E-state index contributed by atoms with van der Waals surface area (Å²) in [5.74, 6) is 0. The highest BCUT2D eigenvalue weighted by molar-refractivity contribution is 7.89. The van der Waals surface area contributed by atoms with Crippen LogP contribution in [-0.4, -0.2) is 67.7 Å². The molecule has 0 spiro atoms. The second-order valence-corrected chi connectivity index (χ2v) is 8.39. The molecule has 3 saturated heterocycles. The summed E-state index contributed by atoms with van der Waals surface area (Å²) in [5, 5.41) is 3.01. The standard InChI is InChI=1S/C13H25N3O2S/c1-11-9-15-7-3-4-12(15)10-16(11)19(17,18)13-5-2-6-14-8-13/h11-14H,2-10H2,1H3. The molecule has 0 bridgehead atoms. The fraction of sp³-hybridized carbons (Fsp3) is 1.00. The third kappa shape index (κ3) is 2.55. The van der Waals surface area contributed by atoms with Gasteiger partial charge in [-0.3, -0.25) is 4.90 Å². The van der Waals surface area contributed by atoms with E-state index >= 15 is 0 Å². The molecule has 1 N–H and O–H groups in total. The lowest BCUT2D eigenvalue weighted by atomic mass is 10.1. The molecule has 0 aromatic heterocycles. The Kier molecular flexibility index (Phi) is 3.86. The summed E-state index contributed by atoms with van der Waals surface area (Å²) in [6.45, 7) is 6.40. The van der Waals surface area contributed by atoms with Crippen LogP contribution in [0.2, 0.25) is 0 Å². The van der Waals surface area contributed by atoms with Gasteiger partial charge in [0.15, 0.2) is 0 Å². The van der Waals surface area contributed by atoms with Gasteiger partial charge in [-0.25, -0.2) is 8.42 Å². The molecule has 3 atom stereocenters. The smallest absolute Gasteiger partial charge is 0.218 e. The maximum Gasteiger partial charge on any atom is 0.218 e. The van der Waals surface area contributed by atoms with E-state index in [1.807, 2.05) is 0 Å². The number of nitrogens with zero attached hydrogens (tertiary/aromatic N) is 2. The van der Waals surface area contributed by atoms with E-state index in [2.05, 4.69) is 17.1 Å². The largest absolute Gasteiger partial charge is 0.315 e. The van der Waals surface area contributed by atoms with Crippen molar-refractivity contribution in [3.05, 3.63) is 0 Å². The van der Waals surface area contributed by atoms with Gasteiger partial charge in [0, 0.05) is 31.7 Å². The van der Waals surface area contributed by atoms with E-state index in [0.29, 0.717) is 19.1 Å². The Hall–Kier alpha value is -0.170. The molecule has 19 heavy (non-hydrogen) atoms. The Morgan fingerprint density at radius 1 is 1.16 bits per heavy atom. The molecule has 3 fully saturated rings. The Morgan fingerprint density at radius 3 is 2.74 bits per heavy atom. The van der Waals surface area contributed by atoms with Crippen LogP contribution in [0.4, 0.5) is 0 Å². The zero-order chi connectivity index (χ0) is 13.5. The molecular formula is C13H25N3O2S. The Bertz CT molecular complexity index is 420. The van der Waals surface area contributed by atoms with E-state index in [0.717, 1.165) is 38.9 Å². The molecule has 0 aliphatic carbocycles. The number of nitrogens with one attached hydrogen (secondary N) is 1. The summed E-state index contributed by atoms with van der Waals surface area (Å²) in [6.07, 6.45) is 4.16. The molecule has 0 aromatic carbocycles. The molecule has 3 aliphatic rings. The van der Waals surface area contributed by atoms with E-state index in [9.17, 15) is 8.42 Å². The molecule has 6 heteroatoms. The van der Waals surface area contributed by atoms with Crippen molar-refractivity contribution in [1.29, 1.82) is 0 Å². The van der Waals surface area contributed by atoms with Crippen LogP contribution in [0.3, 0.4) is 0 Å². The first kappa shape index (κ1) is 13.8. The van der Waals surface area contributed by atoms with Gasteiger partial charge in [0.1, 0.15) is 0 Å². The second kappa shape index (κ2) is 5.31. The number of sulfonamides is 1. The first-order valence-electron chi connectivity index (χ1n) is 7.54. The van der Waals surface area contributed by atoms with Gasteiger partial charge in [-0.2, -0.15) is 4.31 Å². The van der Waals surface area contributed by atoms with Crippen molar-refractivity contribution in [1.82, 2.24) is 14.5 Å². The Labute approximate surface area is 116 Å². The lowest BCUT2D eigenvalue weighted by Gasteiger charge is -2.43. The average Bonchev–Trinajstić information content (AvgIpc) is 2.85. The molecule has 3 rings (SSSR count). The zero-order valence-electron chi connectivity index (χ0n) is 11.7. The fourth-order valence-electron chi connectivity index (χ4n) is 3.78. The SMILES string of the molecule is CC1CN2CCCC2CN1S(=O)(=O)C1CCCNC1. The lowest BCUT2D eigenvalue weighted by Crippen LogP contribution is -2.59. The van der Waals surface area contributed by atoms with Crippen molar-refractivity contribution in [3.8, 4) is 0 Å². The van der Waals surface area contributed by atoms with Crippen LogP contribution < -0.4 is 5.32 Å². The van der Waals surface area contributed by atoms with Crippen molar-refractivity contribution in [2.75, 3.05) is 32.7 Å². The maximum absolute atomic E-state index is 12.8. The summed E-state index contributed by atoms with van der Waals surface area (Å²) in [6, 6.07) is 0.587. The first-order valence-corrected chi connectivity index (χ1v) is 9.05. The Balaban J connectivity index is 1.76. The minimum atomic E-state index is -3.13. The number of piperidine rings is 1. The van der Waals surface area contributed by atoms with E-state index in [-0.39, 0.29) is 11.3 Å². The summed E-state index contributed by atoms with van der Waals surface area (Å²) < 4.78 is 27.4. The van der Waals surface area contributed by atoms with Gasteiger partial charge in [-0.05, 0) is 45.7 Å². The van der Waals surface area contributed by atoms with Crippen molar-refractivity contribution in [3.63, 3.8) is 0 Å². The van der Waals surface area contributed by atoms with Crippen molar-refractivity contribution < 1.29 is 8.42 Å². The number of hydrogen-bond donors (Lipinski definition) is 1. The van der Waals surface area contributed by atoms with Crippen LogP contribution in [0.15, 0.2) is 0 Å². The second-order valence-electron chi connectivity index (χ2n) is 6.22. The van der Waals surface area contributed by atoms with Gasteiger partial charge < -0.3 is 5.32 Å². The third-order valence-corrected chi connectivity index (χ3v) is 7.29. The van der Waals surface area contributed by atoms with Crippen LogP contribution >= 0.6 is 0 Å². The summed E-state index contributed by atoms with van der Waals surface area (Å²) in [7, 11) is -3.13. The number of piperazine rings is 1. The Morgan fingerprint density at radius 2 is 2.00 bits per heavy atom. The lowest BCUT2D eigenvalue weighted by molar-refractivity contribution is 0.116. The molecule has 5 nitrogen and oxygen atoms in total. The maximum atomic E-state index is 12.8. The fourth-order valence-corrected chi connectivity index (χ4v) is 5.90. The molecule has 0 saturated carbocycles. The van der Waals surface area contributed by atoms with Crippen LogP contribution in [0.5, 0.6) is 0 Å². The molecule has 0 radical (unpaired) electrons. The van der Waals surface area contributed by atoms with Gasteiger partial charge in [-0.15, -0.1) is 0 Å². The molecule has 0 amide bonds. The molecule has 110 valence electrons. The highest BCUT2D eigenvalue weighted by Crippen LogP contribution is 2.28. The monoisotopic (exact) mass is 287 g/mol. The van der Waals surface area contributed by atoms with Gasteiger partial charge >= 0.3 is 0 Å². The zero-order valence-corrected chi connectivity index (χ0v) is 12.5. The van der Waals surface area contributed by atoms with E-state index in [4.69, 9.17) is 0 Å². The number of fused-ring (bicyclic) bond motifs is 1. The van der Waals surface area contributed by atoms with Crippen molar-refractivity contribution in [2.45, 2.75) is 49.9 Å². The van der Waals surface area contributed by atoms with Crippen LogP contribution in [0.25, 0.3) is 0 Å². The summed E-state index contributed by atoms with van der Waals surface area (Å²) in [5.41, 5.74) is 0. The molecule has 3 heterocycles. The predicted octanol–water partition coefficient (Wildman–Crippen LogP) is 0.237. The van der Waals surface area contributed by atoms with Crippen LogP contribution in [0.1, 0.15) is 32.6 Å². The van der Waals surface area contributed by atoms with Crippen molar-refractivity contribution >= 4 is 10.0 Å². The molecule has 3 aliphatic heterocycles.